The highest BCUT2D eigenvalue weighted by atomic mass is 32.1. The second-order valence-electron chi connectivity index (χ2n) is 7.16. The molecule has 1 amide bonds. The first-order valence-electron chi connectivity index (χ1n) is 10.1. The van der Waals surface area contributed by atoms with E-state index in [9.17, 15) is 4.79 Å². The minimum atomic E-state index is -0.0938. The van der Waals surface area contributed by atoms with Crippen molar-refractivity contribution in [2.24, 2.45) is 0 Å². The van der Waals surface area contributed by atoms with Gasteiger partial charge in [-0.1, -0.05) is 30.3 Å². The van der Waals surface area contributed by atoms with E-state index in [2.05, 4.69) is 27.3 Å². The minimum absolute atomic E-state index is 0.0938. The van der Waals surface area contributed by atoms with E-state index in [0.717, 1.165) is 45.5 Å². The molecule has 7 heteroatoms. The normalized spacial score (nSPS) is 13.9. The van der Waals surface area contributed by atoms with Crippen molar-refractivity contribution >= 4 is 39.3 Å². The summed E-state index contributed by atoms with van der Waals surface area (Å²) in [6.07, 6.45) is 1.79. The van der Waals surface area contributed by atoms with Crippen LogP contribution in [0, 0.1) is 0 Å². The highest BCUT2D eigenvalue weighted by molar-refractivity contribution is 7.18. The monoisotopic (exact) mass is 447 g/mol. The van der Waals surface area contributed by atoms with Gasteiger partial charge in [-0.05, 0) is 35.9 Å². The third kappa shape index (κ3) is 4.39. The molecule has 5 rings (SSSR count). The van der Waals surface area contributed by atoms with Gasteiger partial charge in [0.05, 0.1) is 23.1 Å². The SMILES string of the molecule is O=C(Nc1ccc(-c2nccs2)cc1)c1cc(-c2ccccc2)c(N2CCOCC2)s1. The van der Waals surface area contributed by atoms with E-state index in [4.69, 9.17) is 4.74 Å². The quantitative estimate of drug-likeness (QED) is 0.431. The van der Waals surface area contributed by atoms with Crippen LogP contribution in [0.4, 0.5) is 10.7 Å². The molecule has 0 aliphatic carbocycles. The van der Waals surface area contributed by atoms with E-state index in [0.29, 0.717) is 18.1 Å². The van der Waals surface area contributed by atoms with Crippen LogP contribution in [0.1, 0.15) is 9.67 Å². The number of carbonyl (C=O) groups excluding carboxylic acids is 1. The summed E-state index contributed by atoms with van der Waals surface area (Å²) < 4.78 is 5.52. The Morgan fingerprint density at radius 3 is 2.48 bits per heavy atom. The molecule has 0 spiro atoms. The fourth-order valence-corrected chi connectivity index (χ4v) is 5.35. The van der Waals surface area contributed by atoms with Gasteiger partial charge in [-0.2, -0.15) is 0 Å². The van der Waals surface area contributed by atoms with Crippen molar-refractivity contribution in [2.75, 3.05) is 36.5 Å². The molecular formula is C24H21N3O2S2. The first-order valence-corrected chi connectivity index (χ1v) is 11.8. The number of thiophene rings is 1. The maximum atomic E-state index is 13.1. The van der Waals surface area contributed by atoms with Gasteiger partial charge in [-0.3, -0.25) is 4.79 Å². The summed E-state index contributed by atoms with van der Waals surface area (Å²) in [7, 11) is 0. The molecule has 1 saturated heterocycles. The van der Waals surface area contributed by atoms with Gasteiger partial charge < -0.3 is 15.0 Å². The van der Waals surface area contributed by atoms with Gasteiger partial charge in [0.2, 0.25) is 0 Å². The van der Waals surface area contributed by atoms with Crippen LogP contribution in [0.25, 0.3) is 21.7 Å². The number of rotatable bonds is 5. The molecular weight excluding hydrogens is 426 g/mol. The number of benzene rings is 2. The Bertz CT molecular complexity index is 1150. The summed E-state index contributed by atoms with van der Waals surface area (Å²) in [5.74, 6) is -0.0938. The first-order chi connectivity index (χ1) is 15.3. The largest absolute Gasteiger partial charge is 0.378 e. The topological polar surface area (TPSA) is 54.5 Å². The number of nitrogens with zero attached hydrogens (tertiary/aromatic N) is 2. The Hall–Kier alpha value is -3.00. The lowest BCUT2D eigenvalue weighted by atomic mass is 10.1. The third-order valence-electron chi connectivity index (χ3n) is 5.14. The van der Waals surface area contributed by atoms with E-state index >= 15 is 0 Å². The summed E-state index contributed by atoms with van der Waals surface area (Å²) in [5, 5.41) is 7.09. The lowest BCUT2D eigenvalue weighted by Gasteiger charge is -2.28. The fraction of sp³-hybridized carbons (Fsp3) is 0.167. The highest BCUT2D eigenvalue weighted by Crippen LogP contribution is 2.39. The molecule has 1 fully saturated rings. The molecule has 0 radical (unpaired) electrons. The molecule has 156 valence electrons. The zero-order chi connectivity index (χ0) is 21.0. The maximum absolute atomic E-state index is 13.1. The second-order valence-corrected chi connectivity index (χ2v) is 9.09. The van der Waals surface area contributed by atoms with Gasteiger partial charge in [0, 0.05) is 41.5 Å². The van der Waals surface area contributed by atoms with Gasteiger partial charge in [-0.25, -0.2) is 4.98 Å². The number of aromatic nitrogens is 1. The van der Waals surface area contributed by atoms with E-state index in [1.165, 1.54) is 11.3 Å². The Labute approximate surface area is 189 Å². The van der Waals surface area contributed by atoms with Crippen LogP contribution in [0.2, 0.25) is 0 Å². The molecule has 1 aliphatic heterocycles. The van der Waals surface area contributed by atoms with Crippen LogP contribution < -0.4 is 10.2 Å². The summed E-state index contributed by atoms with van der Waals surface area (Å²) in [5.41, 5.74) is 4.03. The molecule has 2 aromatic carbocycles. The molecule has 4 aromatic rings. The molecule has 3 heterocycles. The molecule has 0 atom stereocenters. The second kappa shape index (κ2) is 9.01. The maximum Gasteiger partial charge on any atom is 0.265 e. The molecule has 2 aromatic heterocycles. The fourth-order valence-electron chi connectivity index (χ4n) is 3.57. The number of morpholine rings is 1. The van der Waals surface area contributed by atoms with Crippen molar-refractivity contribution in [1.29, 1.82) is 0 Å². The number of hydrogen-bond acceptors (Lipinski definition) is 6. The van der Waals surface area contributed by atoms with Crippen LogP contribution in [-0.4, -0.2) is 37.2 Å². The third-order valence-corrected chi connectivity index (χ3v) is 7.16. The molecule has 0 bridgehead atoms. The number of thiazole rings is 1. The van der Waals surface area contributed by atoms with Crippen LogP contribution >= 0.6 is 22.7 Å². The smallest absolute Gasteiger partial charge is 0.265 e. The molecule has 0 saturated carbocycles. The zero-order valence-corrected chi connectivity index (χ0v) is 18.4. The first kappa shape index (κ1) is 19.9. The summed E-state index contributed by atoms with van der Waals surface area (Å²) in [6.45, 7) is 3.08. The van der Waals surface area contributed by atoms with Crippen LogP contribution in [0.5, 0.6) is 0 Å². The number of carbonyl (C=O) groups is 1. The zero-order valence-electron chi connectivity index (χ0n) is 16.8. The van der Waals surface area contributed by atoms with E-state index < -0.39 is 0 Å². The molecule has 31 heavy (non-hydrogen) atoms. The van der Waals surface area contributed by atoms with E-state index in [1.807, 2.05) is 53.9 Å². The minimum Gasteiger partial charge on any atom is -0.378 e. The highest BCUT2D eigenvalue weighted by Gasteiger charge is 2.22. The lowest BCUT2D eigenvalue weighted by Crippen LogP contribution is -2.35. The molecule has 1 aliphatic rings. The van der Waals surface area contributed by atoms with Gasteiger partial charge >= 0.3 is 0 Å². The van der Waals surface area contributed by atoms with E-state index in [-0.39, 0.29) is 5.91 Å². The average molecular weight is 448 g/mol. The molecule has 5 nitrogen and oxygen atoms in total. The van der Waals surface area contributed by atoms with Crippen molar-refractivity contribution < 1.29 is 9.53 Å². The van der Waals surface area contributed by atoms with Gasteiger partial charge in [-0.15, -0.1) is 22.7 Å². The Morgan fingerprint density at radius 1 is 1.00 bits per heavy atom. The predicted molar refractivity (Wildman–Crippen MR) is 128 cm³/mol. The lowest BCUT2D eigenvalue weighted by molar-refractivity contribution is 0.103. The van der Waals surface area contributed by atoms with Crippen molar-refractivity contribution in [1.82, 2.24) is 4.98 Å². The molecule has 1 N–H and O–H groups in total. The van der Waals surface area contributed by atoms with Crippen LogP contribution in [-0.2, 0) is 4.74 Å². The van der Waals surface area contributed by atoms with Crippen molar-refractivity contribution in [3.05, 3.63) is 77.1 Å². The van der Waals surface area contributed by atoms with Crippen LogP contribution in [0.3, 0.4) is 0 Å². The number of ether oxygens (including phenoxy) is 1. The van der Waals surface area contributed by atoms with Crippen LogP contribution in [0.15, 0.2) is 72.2 Å². The Morgan fingerprint density at radius 2 is 1.77 bits per heavy atom. The number of nitrogens with one attached hydrogen (secondary N) is 1. The Balaban J connectivity index is 1.40. The summed E-state index contributed by atoms with van der Waals surface area (Å²) in [4.78, 5) is 20.4. The van der Waals surface area contributed by atoms with Crippen molar-refractivity contribution in [3.8, 4) is 21.7 Å². The van der Waals surface area contributed by atoms with Crippen molar-refractivity contribution in [2.45, 2.75) is 0 Å². The number of amides is 1. The standard InChI is InChI=1S/C24H21N3O2S2/c28-22(26-19-8-6-18(7-9-19)23-25-10-15-30-23)21-16-20(17-4-2-1-3-5-17)24(31-21)27-11-13-29-14-12-27/h1-10,15-16H,11-14H2,(H,26,28). The predicted octanol–water partition coefficient (Wildman–Crippen LogP) is 5.63. The summed E-state index contributed by atoms with van der Waals surface area (Å²) in [6, 6.07) is 20.0. The van der Waals surface area contributed by atoms with E-state index in [1.54, 1.807) is 17.5 Å². The Kier molecular flexibility index (Phi) is 5.80. The van der Waals surface area contributed by atoms with Crippen molar-refractivity contribution in [3.63, 3.8) is 0 Å². The number of anilines is 2. The molecule has 0 unspecified atom stereocenters. The van der Waals surface area contributed by atoms with Gasteiger partial charge in [0.25, 0.3) is 5.91 Å². The van der Waals surface area contributed by atoms with Gasteiger partial charge in [0.15, 0.2) is 0 Å². The summed E-state index contributed by atoms with van der Waals surface area (Å²) >= 11 is 3.14. The van der Waals surface area contributed by atoms with Gasteiger partial charge in [0.1, 0.15) is 5.01 Å². The average Bonchev–Trinajstić information content (AvgIpc) is 3.52. The number of hydrogen-bond donors (Lipinski definition) is 1.